The van der Waals surface area contributed by atoms with E-state index < -0.39 is 20.7 Å². The molecule has 11 heteroatoms. The molecule has 184 valence electrons. The van der Waals surface area contributed by atoms with Crippen LogP contribution in [0.4, 0.5) is 16.2 Å². The number of hydroxylamine groups is 1. The zero-order valence-corrected chi connectivity index (χ0v) is 20.5. The van der Waals surface area contributed by atoms with Gasteiger partial charge in [-0.1, -0.05) is 13.0 Å². The summed E-state index contributed by atoms with van der Waals surface area (Å²) in [5, 5.41) is 19.7. The normalized spacial score (nSPS) is 17.9. The van der Waals surface area contributed by atoms with E-state index in [2.05, 4.69) is 28.3 Å². The van der Waals surface area contributed by atoms with Gasteiger partial charge >= 0.3 is 16.2 Å². The number of carbonyl (C=O) groups excluding carboxylic acids is 1. The Kier molecular flexibility index (Phi) is 6.03. The van der Waals surface area contributed by atoms with Crippen molar-refractivity contribution in [2.75, 3.05) is 35.8 Å². The Bertz CT molecular complexity index is 1170. The molecule has 1 aromatic carbocycles. The molecule has 5 rings (SSSR count). The van der Waals surface area contributed by atoms with E-state index in [-0.39, 0.29) is 12.2 Å². The smallest absolute Gasteiger partial charge is 0.326 e. The fourth-order valence-electron chi connectivity index (χ4n) is 5.47. The fraction of sp³-hybridized carbons (Fsp3) is 0.565. The number of nitrogens with zero attached hydrogens (tertiary/aromatic N) is 5. The molecule has 2 aliphatic carbocycles. The van der Waals surface area contributed by atoms with E-state index in [1.54, 1.807) is 7.05 Å². The van der Waals surface area contributed by atoms with Crippen LogP contribution < -0.4 is 9.62 Å². The molecule has 2 aromatic rings. The first kappa shape index (κ1) is 23.1. The third-order valence-electron chi connectivity index (χ3n) is 7.10. The Morgan fingerprint density at radius 3 is 2.38 bits per heavy atom. The van der Waals surface area contributed by atoms with Crippen LogP contribution in [0.5, 0.6) is 0 Å². The fourth-order valence-corrected chi connectivity index (χ4v) is 6.58. The average Bonchev–Trinajstić information content (AvgIpc) is 3.52. The number of amides is 2. The molecule has 1 aliphatic heterocycles. The Morgan fingerprint density at radius 2 is 1.82 bits per heavy atom. The number of carbonyl (C=O) groups is 1. The molecule has 10 nitrogen and oxygen atoms in total. The SMILES string of the molecule is CC1CN(CCN(c2cnn(C)c2)S(=O)(=O)N([O-])C(=O)Nc2c3c(cc4c2CCC4)CCC3)C1. The summed E-state index contributed by atoms with van der Waals surface area (Å²) in [4.78, 5) is 15.1. The number of urea groups is 1. The summed E-state index contributed by atoms with van der Waals surface area (Å²) in [6, 6.07) is 1.04. The lowest BCUT2D eigenvalue weighted by Gasteiger charge is -2.39. The molecule has 1 aromatic heterocycles. The standard InChI is InChI=1S/C23H31N6O4S/c1-16-13-27(14-16)9-10-28(19-12-24-26(2)15-19)34(32,33)29(31)23(30)25-22-20-7-3-5-17(20)11-18-6-4-8-21(18)22/h11-12,15-16H,3-10,13-14H2,1-2H3,(H,25,30)/q-1. The number of aromatic nitrogens is 2. The number of nitrogens with one attached hydrogen (secondary N) is 1. The second-order valence-electron chi connectivity index (χ2n) is 9.71. The molecule has 0 bridgehead atoms. The molecule has 0 saturated carbocycles. The number of hydrogen-bond donors (Lipinski definition) is 1. The molecule has 1 saturated heterocycles. The van der Waals surface area contributed by atoms with Gasteiger partial charge in [-0.2, -0.15) is 13.5 Å². The summed E-state index contributed by atoms with van der Waals surface area (Å²) >= 11 is 0. The Balaban J connectivity index is 1.38. The summed E-state index contributed by atoms with van der Waals surface area (Å²) in [6.07, 6.45) is 8.41. The predicted molar refractivity (Wildman–Crippen MR) is 130 cm³/mol. The lowest BCUT2D eigenvalue weighted by atomic mass is 9.99. The minimum atomic E-state index is -4.66. The van der Waals surface area contributed by atoms with Gasteiger partial charge in [0.2, 0.25) is 0 Å². The van der Waals surface area contributed by atoms with Crippen LogP contribution in [0.15, 0.2) is 18.5 Å². The maximum atomic E-state index is 13.3. The van der Waals surface area contributed by atoms with Crippen LogP contribution in [0.1, 0.15) is 42.0 Å². The summed E-state index contributed by atoms with van der Waals surface area (Å²) in [6.45, 7) is 4.42. The van der Waals surface area contributed by atoms with Gasteiger partial charge in [0.15, 0.2) is 0 Å². The summed E-state index contributed by atoms with van der Waals surface area (Å²) < 4.78 is 28.7. The molecule has 0 spiro atoms. The van der Waals surface area contributed by atoms with Crippen molar-refractivity contribution in [3.8, 4) is 0 Å². The number of rotatable bonds is 7. The van der Waals surface area contributed by atoms with Gasteiger partial charge in [-0.15, -0.1) is 0 Å². The van der Waals surface area contributed by atoms with Crippen molar-refractivity contribution < 1.29 is 13.2 Å². The van der Waals surface area contributed by atoms with E-state index in [1.165, 1.54) is 28.2 Å². The highest BCUT2D eigenvalue weighted by Crippen LogP contribution is 2.38. The van der Waals surface area contributed by atoms with Gasteiger partial charge in [-0.3, -0.25) is 9.15 Å². The van der Waals surface area contributed by atoms with Crippen molar-refractivity contribution in [2.24, 2.45) is 13.0 Å². The molecular formula is C23H31N6O4S-. The molecule has 0 unspecified atom stereocenters. The number of benzene rings is 1. The number of fused-ring (bicyclic) bond motifs is 2. The Morgan fingerprint density at radius 1 is 1.18 bits per heavy atom. The van der Waals surface area contributed by atoms with Gasteiger partial charge < -0.3 is 15.4 Å². The van der Waals surface area contributed by atoms with Gasteiger partial charge in [0.05, 0.1) is 11.9 Å². The van der Waals surface area contributed by atoms with Crippen LogP contribution in [0.3, 0.4) is 0 Å². The van der Waals surface area contributed by atoms with Gasteiger partial charge in [0, 0.05) is 45.1 Å². The first-order valence-electron chi connectivity index (χ1n) is 11.9. The van der Waals surface area contributed by atoms with Crippen molar-refractivity contribution in [3.05, 3.63) is 45.9 Å². The largest absolute Gasteiger partial charge is 0.740 e. The number of hydrogen-bond acceptors (Lipinski definition) is 6. The molecule has 3 aliphatic rings. The van der Waals surface area contributed by atoms with Crippen LogP contribution in [-0.4, -0.2) is 59.8 Å². The average molecular weight is 488 g/mol. The van der Waals surface area contributed by atoms with E-state index in [1.807, 2.05) is 0 Å². The minimum absolute atomic E-state index is 0.0584. The second kappa shape index (κ2) is 8.86. The number of aryl methyl sites for hydroxylation is 3. The van der Waals surface area contributed by atoms with E-state index in [0.717, 1.165) is 67.0 Å². The molecule has 1 fully saturated rings. The molecule has 2 amide bonds. The highest BCUT2D eigenvalue weighted by molar-refractivity contribution is 7.91. The van der Waals surface area contributed by atoms with Crippen LogP contribution in [0, 0.1) is 11.1 Å². The van der Waals surface area contributed by atoms with E-state index in [9.17, 15) is 18.4 Å². The van der Waals surface area contributed by atoms with Crippen LogP contribution in [0.2, 0.25) is 0 Å². The minimum Gasteiger partial charge on any atom is -0.740 e. The maximum absolute atomic E-state index is 13.3. The van der Waals surface area contributed by atoms with Gasteiger partial charge in [0.1, 0.15) is 0 Å². The van der Waals surface area contributed by atoms with Crippen LogP contribution >= 0.6 is 0 Å². The molecule has 0 atom stereocenters. The second-order valence-corrected chi connectivity index (χ2v) is 11.4. The van der Waals surface area contributed by atoms with Crippen molar-refractivity contribution in [3.63, 3.8) is 0 Å². The first-order chi connectivity index (χ1) is 16.2. The highest BCUT2D eigenvalue weighted by Gasteiger charge is 2.32. The maximum Gasteiger partial charge on any atom is 0.326 e. The number of likely N-dealkylation sites (tertiary alicyclic amines) is 1. The Labute approximate surface area is 200 Å². The third kappa shape index (κ3) is 4.16. The van der Waals surface area contributed by atoms with Crippen molar-refractivity contribution >= 4 is 27.6 Å². The topological polar surface area (TPSA) is 114 Å². The molecule has 0 radical (unpaired) electrons. The molecular weight excluding hydrogens is 456 g/mol. The predicted octanol–water partition coefficient (Wildman–Crippen LogP) is 2.43. The lowest BCUT2D eigenvalue weighted by molar-refractivity contribution is 0.118. The monoisotopic (exact) mass is 487 g/mol. The van der Waals surface area contributed by atoms with Gasteiger partial charge in [-0.05, 0) is 66.7 Å². The van der Waals surface area contributed by atoms with Crippen molar-refractivity contribution in [1.29, 1.82) is 0 Å². The first-order valence-corrected chi connectivity index (χ1v) is 13.3. The van der Waals surface area contributed by atoms with E-state index in [0.29, 0.717) is 18.2 Å². The van der Waals surface area contributed by atoms with Crippen LogP contribution in [-0.2, 0) is 42.9 Å². The Hall–Kier alpha value is -2.63. The van der Waals surface area contributed by atoms with Crippen molar-refractivity contribution in [1.82, 2.24) is 19.1 Å². The lowest BCUT2D eigenvalue weighted by Crippen LogP contribution is -2.51. The van der Waals surface area contributed by atoms with E-state index >= 15 is 0 Å². The summed E-state index contributed by atoms with van der Waals surface area (Å²) in [5.41, 5.74) is 5.36. The number of anilines is 2. The third-order valence-corrected chi connectivity index (χ3v) is 8.63. The summed E-state index contributed by atoms with van der Waals surface area (Å²) in [5.74, 6) is 0.569. The molecule has 1 N–H and O–H groups in total. The highest BCUT2D eigenvalue weighted by atomic mass is 32.2. The zero-order chi connectivity index (χ0) is 24.0. The van der Waals surface area contributed by atoms with Gasteiger partial charge in [0.25, 0.3) is 0 Å². The quantitative estimate of drug-likeness (QED) is 0.600. The van der Waals surface area contributed by atoms with Crippen molar-refractivity contribution in [2.45, 2.75) is 45.4 Å². The molecule has 2 heterocycles. The van der Waals surface area contributed by atoms with E-state index in [4.69, 9.17) is 0 Å². The van der Waals surface area contributed by atoms with Gasteiger partial charge in [-0.25, -0.2) is 9.10 Å². The zero-order valence-electron chi connectivity index (χ0n) is 19.7. The molecule has 34 heavy (non-hydrogen) atoms. The van der Waals surface area contributed by atoms with Crippen LogP contribution in [0.25, 0.3) is 0 Å². The summed E-state index contributed by atoms with van der Waals surface area (Å²) in [7, 11) is -2.99.